The SMILES string of the molecule is C=C(C)C(=O)OC1CC(O)CC(C(=O)OC(C)OCC)C1. The Bertz CT molecular complexity index is 392. The largest absolute Gasteiger partial charge is 0.459 e. The molecule has 0 amide bonds. The summed E-state index contributed by atoms with van der Waals surface area (Å²) in [6.45, 7) is 8.95. The van der Waals surface area contributed by atoms with Gasteiger partial charge in [-0.05, 0) is 33.6 Å². The second-order valence-corrected chi connectivity index (χ2v) is 5.33. The molecule has 0 heterocycles. The first-order chi connectivity index (χ1) is 9.83. The molecule has 1 fully saturated rings. The van der Waals surface area contributed by atoms with E-state index < -0.39 is 36.4 Å². The summed E-state index contributed by atoms with van der Waals surface area (Å²) in [7, 11) is 0. The molecule has 21 heavy (non-hydrogen) atoms. The second-order valence-electron chi connectivity index (χ2n) is 5.33. The lowest BCUT2D eigenvalue weighted by molar-refractivity contribution is -0.184. The molecule has 0 aromatic heterocycles. The van der Waals surface area contributed by atoms with Gasteiger partial charge in [-0.25, -0.2) is 4.79 Å². The van der Waals surface area contributed by atoms with Crippen molar-refractivity contribution in [1.82, 2.24) is 0 Å². The quantitative estimate of drug-likeness (QED) is 0.455. The molecule has 0 aliphatic heterocycles. The Balaban J connectivity index is 2.56. The van der Waals surface area contributed by atoms with Crippen molar-refractivity contribution in [2.75, 3.05) is 6.61 Å². The average molecular weight is 300 g/mol. The molecule has 1 rings (SSSR count). The molecule has 0 saturated heterocycles. The fourth-order valence-electron chi connectivity index (χ4n) is 2.31. The van der Waals surface area contributed by atoms with Gasteiger partial charge in [0.05, 0.1) is 12.0 Å². The van der Waals surface area contributed by atoms with Crippen LogP contribution < -0.4 is 0 Å². The summed E-state index contributed by atoms with van der Waals surface area (Å²) in [4.78, 5) is 23.5. The van der Waals surface area contributed by atoms with Gasteiger partial charge in [-0.2, -0.15) is 0 Å². The van der Waals surface area contributed by atoms with Gasteiger partial charge in [0, 0.05) is 18.6 Å². The van der Waals surface area contributed by atoms with Crippen LogP contribution in [0.5, 0.6) is 0 Å². The van der Waals surface area contributed by atoms with Crippen LogP contribution in [0.15, 0.2) is 12.2 Å². The monoisotopic (exact) mass is 300 g/mol. The second kappa shape index (κ2) is 8.14. The number of hydrogen-bond donors (Lipinski definition) is 1. The normalized spacial score (nSPS) is 26.8. The predicted molar refractivity (Wildman–Crippen MR) is 75.2 cm³/mol. The number of rotatable bonds is 6. The third-order valence-corrected chi connectivity index (χ3v) is 3.28. The summed E-state index contributed by atoms with van der Waals surface area (Å²) in [5, 5.41) is 9.84. The molecule has 4 atom stereocenters. The first-order valence-electron chi connectivity index (χ1n) is 7.20. The minimum absolute atomic E-state index is 0.291. The van der Waals surface area contributed by atoms with Crippen LogP contribution in [0.3, 0.4) is 0 Å². The highest BCUT2D eigenvalue weighted by Gasteiger charge is 2.35. The topological polar surface area (TPSA) is 82.1 Å². The molecule has 1 saturated carbocycles. The van der Waals surface area contributed by atoms with Gasteiger partial charge in [-0.1, -0.05) is 6.58 Å². The number of carbonyl (C=O) groups is 2. The lowest BCUT2D eigenvalue weighted by Gasteiger charge is -2.31. The minimum atomic E-state index is -0.693. The van der Waals surface area contributed by atoms with Crippen molar-refractivity contribution in [1.29, 1.82) is 0 Å². The van der Waals surface area contributed by atoms with E-state index in [1.54, 1.807) is 13.8 Å². The number of carbonyl (C=O) groups excluding carboxylic acids is 2. The molecule has 6 nitrogen and oxygen atoms in total. The van der Waals surface area contributed by atoms with E-state index >= 15 is 0 Å². The van der Waals surface area contributed by atoms with E-state index in [-0.39, 0.29) is 0 Å². The molecule has 0 radical (unpaired) electrons. The summed E-state index contributed by atoms with van der Waals surface area (Å²) in [6, 6.07) is 0. The van der Waals surface area contributed by atoms with Crippen LogP contribution in [0.2, 0.25) is 0 Å². The third kappa shape index (κ3) is 5.85. The molecule has 1 N–H and O–H groups in total. The van der Waals surface area contributed by atoms with Crippen LogP contribution in [0.25, 0.3) is 0 Å². The van der Waals surface area contributed by atoms with E-state index in [0.29, 0.717) is 31.4 Å². The average Bonchev–Trinajstić information content (AvgIpc) is 2.37. The van der Waals surface area contributed by atoms with E-state index in [2.05, 4.69) is 6.58 Å². The molecule has 0 aromatic rings. The van der Waals surface area contributed by atoms with Gasteiger partial charge >= 0.3 is 11.9 Å². The van der Waals surface area contributed by atoms with Crippen molar-refractivity contribution in [2.45, 2.75) is 58.5 Å². The van der Waals surface area contributed by atoms with Crippen molar-refractivity contribution in [3.8, 4) is 0 Å². The Hall–Kier alpha value is -1.40. The Labute approximate surface area is 125 Å². The Morgan fingerprint density at radius 1 is 1.33 bits per heavy atom. The van der Waals surface area contributed by atoms with Crippen LogP contribution in [0.4, 0.5) is 0 Å². The molecule has 4 unspecified atom stereocenters. The minimum Gasteiger partial charge on any atom is -0.459 e. The molecule has 0 aromatic carbocycles. The lowest BCUT2D eigenvalue weighted by atomic mass is 9.85. The molecular formula is C15H24O6. The fraction of sp³-hybridized carbons (Fsp3) is 0.733. The number of hydrogen-bond acceptors (Lipinski definition) is 6. The van der Waals surface area contributed by atoms with Gasteiger partial charge in [0.15, 0.2) is 6.29 Å². The molecule has 0 spiro atoms. The van der Waals surface area contributed by atoms with Crippen molar-refractivity contribution in [3.05, 3.63) is 12.2 Å². The van der Waals surface area contributed by atoms with Gasteiger partial charge in [0.25, 0.3) is 0 Å². The summed E-state index contributed by atoms with van der Waals surface area (Å²) in [5.74, 6) is -1.45. The van der Waals surface area contributed by atoms with Crippen molar-refractivity contribution in [3.63, 3.8) is 0 Å². The summed E-state index contributed by atoms with van der Waals surface area (Å²) >= 11 is 0. The van der Waals surface area contributed by atoms with Crippen LogP contribution in [-0.4, -0.2) is 42.1 Å². The van der Waals surface area contributed by atoms with Crippen LogP contribution >= 0.6 is 0 Å². The summed E-state index contributed by atoms with van der Waals surface area (Å²) < 4.78 is 15.5. The van der Waals surface area contributed by atoms with Crippen molar-refractivity contribution >= 4 is 11.9 Å². The van der Waals surface area contributed by atoms with E-state index in [1.807, 2.05) is 6.92 Å². The van der Waals surface area contributed by atoms with Crippen LogP contribution in [0, 0.1) is 5.92 Å². The summed E-state index contributed by atoms with van der Waals surface area (Å²) in [5.41, 5.74) is 0.291. The zero-order valence-electron chi connectivity index (χ0n) is 12.8. The van der Waals surface area contributed by atoms with Crippen LogP contribution in [0.1, 0.15) is 40.0 Å². The molecule has 6 heteroatoms. The Morgan fingerprint density at radius 3 is 2.57 bits per heavy atom. The highest BCUT2D eigenvalue weighted by molar-refractivity contribution is 5.87. The zero-order chi connectivity index (χ0) is 16.0. The van der Waals surface area contributed by atoms with E-state index in [9.17, 15) is 14.7 Å². The smallest absolute Gasteiger partial charge is 0.333 e. The maximum absolute atomic E-state index is 12.0. The fourth-order valence-corrected chi connectivity index (χ4v) is 2.31. The summed E-state index contributed by atoms with van der Waals surface area (Å²) in [6.07, 6.45) is -0.853. The maximum Gasteiger partial charge on any atom is 0.333 e. The standard InChI is InChI=1S/C15H24O6/c1-5-19-10(4)20-15(18)11-6-12(16)8-13(7-11)21-14(17)9(2)3/h10-13,16H,2,5-8H2,1,3-4H3. The molecule has 1 aliphatic carbocycles. The van der Waals surface area contributed by atoms with Crippen molar-refractivity contribution < 1.29 is 28.9 Å². The van der Waals surface area contributed by atoms with Gasteiger partial charge < -0.3 is 19.3 Å². The Morgan fingerprint density at radius 2 is 2.00 bits per heavy atom. The van der Waals surface area contributed by atoms with Crippen molar-refractivity contribution in [2.24, 2.45) is 5.92 Å². The number of aliphatic hydroxyl groups is 1. The zero-order valence-corrected chi connectivity index (χ0v) is 12.8. The predicted octanol–water partition coefficient (Wildman–Crippen LogP) is 1.56. The van der Waals surface area contributed by atoms with Gasteiger partial charge in [0.2, 0.25) is 0 Å². The third-order valence-electron chi connectivity index (χ3n) is 3.28. The van der Waals surface area contributed by atoms with Gasteiger partial charge in [-0.15, -0.1) is 0 Å². The molecular weight excluding hydrogens is 276 g/mol. The number of esters is 2. The first kappa shape index (κ1) is 17.7. The van der Waals surface area contributed by atoms with Crippen LogP contribution in [-0.2, 0) is 23.8 Å². The van der Waals surface area contributed by atoms with E-state index in [1.165, 1.54) is 0 Å². The lowest BCUT2D eigenvalue weighted by Crippen LogP contribution is -2.38. The first-order valence-corrected chi connectivity index (χ1v) is 7.20. The molecule has 0 bridgehead atoms. The highest BCUT2D eigenvalue weighted by atomic mass is 16.7. The van der Waals surface area contributed by atoms with E-state index in [0.717, 1.165) is 0 Å². The molecule has 120 valence electrons. The highest BCUT2D eigenvalue weighted by Crippen LogP contribution is 2.28. The number of ether oxygens (including phenoxy) is 3. The maximum atomic E-state index is 12.0. The molecule has 1 aliphatic rings. The van der Waals surface area contributed by atoms with E-state index in [4.69, 9.17) is 14.2 Å². The Kier molecular flexibility index (Phi) is 6.84. The van der Waals surface area contributed by atoms with Gasteiger partial charge in [-0.3, -0.25) is 4.79 Å². The van der Waals surface area contributed by atoms with Gasteiger partial charge in [0.1, 0.15) is 6.10 Å². The number of aliphatic hydroxyl groups excluding tert-OH is 1.